The van der Waals surface area contributed by atoms with Gasteiger partial charge in [-0.2, -0.15) is 0 Å². The second-order valence-electron chi connectivity index (χ2n) is 4.78. The molecule has 0 radical (unpaired) electrons. The van der Waals surface area contributed by atoms with Crippen molar-refractivity contribution in [3.05, 3.63) is 24.2 Å². The minimum absolute atomic E-state index is 0.402. The van der Waals surface area contributed by atoms with Crippen LogP contribution in [0.2, 0.25) is 0 Å². The molecule has 15 heavy (non-hydrogen) atoms. The van der Waals surface area contributed by atoms with E-state index in [1.54, 1.807) is 6.26 Å². The number of hydrogen-bond donors (Lipinski definition) is 1. The van der Waals surface area contributed by atoms with Gasteiger partial charge in [-0.1, -0.05) is 12.8 Å². The molecule has 84 valence electrons. The summed E-state index contributed by atoms with van der Waals surface area (Å²) in [5, 5.41) is 3.66. The van der Waals surface area contributed by atoms with Gasteiger partial charge in [0.2, 0.25) is 0 Å². The van der Waals surface area contributed by atoms with Crippen molar-refractivity contribution >= 4 is 0 Å². The molecule has 1 saturated carbocycles. The first-order valence-corrected chi connectivity index (χ1v) is 6.05. The summed E-state index contributed by atoms with van der Waals surface area (Å²) in [6.45, 7) is 4.52. The standard InChI is InChI=1S/C13H21NO/c1-10(12-5-3-4-6-12)14-11(2)13-7-8-15-9-13/h7-12,14H,3-6H2,1-2H3. The Bertz CT molecular complexity index is 275. The van der Waals surface area contributed by atoms with Crippen molar-refractivity contribution in [2.75, 3.05) is 0 Å². The Hall–Kier alpha value is -0.760. The first kappa shape index (κ1) is 10.7. The Morgan fingerprint density at radius 1 is 1.33 bits per heavy atom. The van der Waals surface area contributed by atoms with Crippen LogP contribution in [0.4, 0.5) is 0 Å². The van der Waals surface area contributed by atoms with Crippen molar-refractivity contribution in [2.24, 2.45) is 5.92 Å². The molecule has 2 nitrogen and oxygen atoms in total. The van der Waals surface area contributed by atoms with Crippen molar-refractivity contribution < 1.29 is 4.42 Å². The van der Waals surface area contributed by atoms with Gasteiger partial charge in [-0.15, -0.1) is 0 Å². The molecule has 1 aliphatic rings. The molecule has 2 unspecified atom stereocenters. The van der Waals surface area contributed by atoms with E-state index in [9.17, 15) is 0 Å². The molecule has 0 saturated heterocycles. The van der Waals surface area contributed by atoms with Crippen LogP contribution in [-0.2, 0) is 0 Å². The Morgan fingerprint density at radius 2 is 2.07 bits per heavy atom. The summed E-state index contributed by atoms with van der Waals surface area (Å²) in [4.78, 5) is 0. The first-order valence-electron chi connectivity index (χ1n) is 6.05. The minimum atomic E-state index is 0.402. The van der Waals surface area contributed by atoms with Crippen LogP contribution in [0.1, 0.15) is 51.1 Å². The van der Waals surface area contributed by atoms with E-state index < -0.39 is 0 Å². The predicted molar refractivity (Wildman–Crippen MR) is 61.7 cm³/mol. The van der Waals surface area contributed by atoms with E-state index in [1.165, 1.54) is 31.2 Å². The largest absolute Gasteiger partial charge is 0.472 e. The summed E-state index contributed by atoms with van der Waals surface area (Å²) in [5.74, 6) is 0.874. The molecule has 2 heteroatoms. The summed E-state index contributed by atoms with van der Waals surface area (Å²) in [5.41, 5.74) is 1.25. The van der Waals surface area contributed by atoms with E-state index in [0.717, 1.165) is 5.92 Å². The second-order valence-corrected chi connectivity index (χ2v) is 4.78. The predicted octanol–water partition coefficient (Wildman–Crippen LogP) is 3.51. The van der Waals surface area contributed by atoms with Crippen LogP contribution in [0.3, 0.4) is 0 Å². The van der Waals surface area contributed by atoms with E-state index in [4.69, 9.17) is 4.42 Å². The van der Waals surface area contributed by atoms with Crippen LogP contribution in [0, 0.1) is 5.92 Å². The number of rotatable bonds is 4. The lowest BCUT2D eigenvalue weighted by Crippen LogP contribution is -2.34. The van der Waals surface area contributed by atoms with Gasteiger partial charge in [0.1, 0.15) is 0 Å². The molecule has 0 aromatic carbocycles. The SMILES string of the molecule is CC(NC(C)C1CCCC1)c1ccoc1. The van der Waals surface area contributed by atoms with Crippen molar-refractivity contribution in [3.8, 4) is 0 Å². The fourth-order valence-corrected chi connectivity index (χ4v) is 2.61. The first-order chi connectivity index (χ1) is 7.27. The minimum Gasteiger partial charge on any atom is -0.472 e. The highest BCUT2D eigenvalue weighted by molar-refractivity contribution is 5.10. The van der Waals surface area contributed by atoms with Gasteiger partial charge < -0.3 is 9.73 Å². The van der Waals surface area contributed by atoms with Gasteiger partial charge in [-0.05, 0) is 38.7 Å². The maximum absolute atomic E-state index is 5.10. The highest BCUT2D eigenvalue weighted by Crippen LogP contribution is 2.28. The maximum atomic E-state index is 5.10. The van der Waals surface area contributed by atoms with E-state index in [2.05, 4.69) is 19.2 Å². The highest BCUT2D eigenvalue weighted by Gasteiger charge is 2.22. The Kier molecular flexibility index (Phi) is 3.47. The number of nitrogens with one attached hydrogen (secondary N) is 1. The average Bonchev–Trinajstić information content (AvgIpc) is 2.91. The molecule has 1 aromatic heterocycles. The lowest BCUT2D eigenvalue weighted by Gasteiger charge is -2.24. The zero-order valence-electron chi connectivity index (χ0n) is 9.70. The molecule has 2 atom stereocenters. The van der Waals surface area contributed by atoms with Gasteiger partial charge >= 0.3 is 0 Å². The fourth-order valence-electron chi connectivity index (χ4n) is 2.61. The van der Waals surface area contributed by atoms with Crippen molar-refractivity contribution in [3.63, 3.8) is 0 Å². The zero-order chi connectivity index (χ0) is 10.7. The topological polar surface area (TPSA) is 25.2 Å². The van der Waals surface area contributed by atoms with E-state index >= 15 is 0 Å². The van der Waals surface area contributed by atoms with Crippen LogP contribution in [0.5, 0.6) is 0 Å². The molecular weight excluding hydrogens is 186 g/mol. The van der Waals surface area contributed by atoms with Crippen molar-refractivity contribution in [1.29, 1.82) is 0 Å². The van der Waals surface area contributed by atoms with Crippen molar-refractivity contribution in [1.82, 2.24) is 5.32 Å². The molecule has 1 aromatic rings. The third-order valence-electron chi connectivity index (χ3n) is 3.66. The number of furan rings is 1. The Balaban J connectivity index is 1.85. The molecule has 1 N–H and O–H groups in total. The van der Waals surface area contributed by atoms with Crippen molar-refractivity contribution in [2.45, 2.75) is 51.6 Å². The van der Waals surface area contributed by atoms with Crippen LogP contribution >= 0.6 is 0 Å². The summed E-state index contributed by atoms with van der Waals surface area (Å²) in [6.07, 6.45) is 9.19. The van der Waals surface area contributed by atoms with E-state index in [-0.39, 0.29) is 0 Å². The quantitative estimate of drug-likeness (QED) is 0.817. The highest BCUT2D eigenvalue weighted by atomic mass is 16.3. The lowest BCUT2D eigenvalue weighted by molar-refractivity contribution is 0.351. The molecule has 2 rings (SSSR count). The normalized spacial score (nSPS) is 21.7. The molecule has 1 heterocycles. The van der Waals surface area contributed by atoms with Gasteiger partial charge in [0.15, 0.2) is 0 Å². The van der Waals surface area contributed by atoms with Crippen LogP contribution in [-0.4, -0.2) is 6.04 Å². The molecule has 1 fully saturated rings. The van der Waals surface area contributed by atoms with E-state index in [0.29, 0.717) is 12.1 Å². The van der Waals surface area contributed by atoms with Gasteiger partial charge in [-0.3, -0.25) is 0 Å². The molecule has 1 aliphatic carbocycles. The Morgan fingerprint density at radius 3 is 2.67 bits per heavy atom. The lowest BCUT2D eigenvalue weighted by atomic mass is 9.98. The average molecular weight is 207 g/mol. The monoisotopic (exact) mass is 207 g/mol. The van der Waals surface area contributed by atoms with Crippen LogP contribution < -0.4 is 5.32 Å². The second kappa shape index (κ2) is 4.84. The van der Waals surface area contributed by atoms with Gasteiger partial charge in [0.25, 0.3) is 0 Å². The van der Waals surface area contributed by atoms with Crippen LogP contribution in [0.15, 0.2) is 23.0 Å². The maximum Gasteiger partial charge on any atom is 0.0950 e. The molecule has 0 spiro atoms. The smallest absolute Gasteiger partial charge is 0.0950 e. The number of hydrogen-bond acceptors (Lipinski definition) is 2. The molecule has 0 amide bonds. The summed E-state index contributed by atoms with van der Waals surface area (Å²) < 4.78 is 5.10. The third kappa shape index (κ3) is 2.63. The van der Waals surface area contributed by atoms with Gasteiger partial charge in [0, 0.05) is 17.6 Å². The van der Waals surface area contributed by atoms with Crippen LogP contribution in [0.25, 0.3) is 0 Å². The summed E-state index contributed by atoms with van der Waals surface area (Å²) >= 11 is 0. The summed E-state index contributed by atoms with van der Waals surface area (Å²) in [7, 11) is 0. The van der Waals surface area contributed by atoms with Gasteiger partial charge in [-0.25, -0.2) is 0 Å². The molecule has 0 bridgehead atoms. The molecule has 0 aliphatic heterocycles. The van der Waals surface area contributed by atoms with Gasteiger partial charge in [0.05, 0.1) is 12.5 Å². The fraction of sp³-hybridized carbons (Fsp3) is 0.692. The third-order valence-corrected chi connectivity index (χ3v) is 3.66. The Labute approximate surface area is 92.1 Å². The van der Waals surface area contributed by atoms with E-state index in [1.807, 2.05) is 12.3 Å². The zero-order valence-corrected chi connectivity index (χ0v) is 9.70. The molecular formula is C13H21NO. The summed E-state index contributed by atoms with van der Waals surface area (Å²) in [6, 6.07) is 3.07.